The maximum atomic E-state index is 14.0. The maximum absolute atomic E-state index is 14.0. The fourth-order valence-electron chi connectivity index (χ4n) is 5.42. The molecule has 2 fully saturated rings. The van der Waals surface area contributed by atoms with Crippen molar-refractivity contribution in [1.82, 2.24) is 9.80 Å². The Morgan fingerprint density at radius 2 is 1.36 bits per heavy atom. The van der Waals surface area contributed by atoms with Gasteiger partial charge in [0.2, 0.25) is 0 Å². The monoisotopic (exact) mass is 626 g/mol. The number of urea groups is 1. The van der Waals surface area contributed by atoms with E-state index in [1.807, 2.05) is 0 Å². The molecule has 1 atom stereocenters. The summed E-state index contributed by atoms with van der Waals surface area (Å²) in [7, 11) is -4.56. The zero-order valence-corrected chi connectivity index (χ0v) is 22.4. The van der Waals surface area contributed by atoms with Crippen LogP contribution in [-0.2, 0) is 25.0 Å². The zero-order valence-electron chi connectivity index (χ0n) is 21.6. The molecular weight excluding hydrogens is 601 g/mol. The molecular formula is C26H25F7N2O6S. The van der Waals surface area contributed by atoms with Crippen molar-refractivity contribution >= 4 is 21.8 Å². The van der Waals surface area contributed by atoms with Gasteiger partial charge in [0.05, 0.1) is 10.8 Å². The van der Waals surface area contributed by atoms with Crippen molar-refractivity contribution < 1.29 is 59.0 Å². The van der Waals surface area contributed by atoms with E-state index in [4.69, 9.17) is 0 Å². The van der Waals surface area contributed by atoms with Crippen LogP contribution in [-0.4, -0.2) is 79.0 Å². The van der Waals surface area contributed by atoms with Crippen LogP contribution in [0.4, 0.5) is 35.5 Å². The molecule has 4 rings (SSSR count). The van der Waals surface area contributed by atoms with E-state index in [9.17, 15) is 59.0 Å². The molecule has 2 aromatic rings. The average Bonchev–Trinajstić information content (AvgIpc) is 3.39. The van der Waals surface area contributed by atoms with Gasteiger partial charge in [-0.1, -0.05) is 24.3 Å². The fraction of sp³-hybridized carbons (Fsp3) is 0.462. The van der Waals surface area contributed by atoms with E-state index in [2.05, 4.69) is 0 Å². The second-order valence-electron chi connectivity index (χ2n) is 10.3. The van der Waals surface area contributed by atoms with Crippen LogP contribution in [0.15, 0.2) is 53.4 Å². The van der Waals surface area contributed by atoms with Crippen LogP contribution in [0.1, 0.15) is 30.4 Å². The van der Waals surface area contributed by atoms with Gasteiger partial charge in [0.1, 0.15) is 10.6 Å². The Morgan fingerprint density at radius 1 is 0.833 bits per heavy atom. The lowest BCUT2D eigenvalue weighted by Crippen LogP contribution is -2.54. The highest BCUT2D eigenvalue weighted by Crippen LogP contribution is 2.51. The van der Waals surface area contributed by atoms with E-state index in [1.54, 1.807) is 0 Å². The lowest BCUT2D eigenvalue weighted by Gasteiger charge is -2.35. The minimum absolute atomic E-state index is 0.0756. The molecule has 2 aromatic carbocycles. The summed E-state index contributed by atoms with van der Waals surface area (Å²) in [4.78, 5) is 26.6. The number of carboxylic acid groups (broad SMARTS) is 1. The van der Waals surface area contributed by atoms with Crippen molar-refractivity contribution in [2.45, 2.75) is 46.9 Å². The van der Waals surface area contributed by atoms with Crippen molar-refractivity contribution in [2.75, 3.05) is 26.2 Å². The molecule has 2 amide bonds. The Bertz CT molecular complexity index is 1420. The number of hydrogen-bond donors (Lipinski definition) is 2. The molecule has 2 aliphatic rings. The topological polar surface area (TPSA) is 115 Å². The summed E-state index contributed by atoms with van der Waals surface area (Å²) >= 11 is 0. The van der Waals surface area contributed by atoms with Gasteiger partial charge in [0, 0.05) is 31.7 Å². The normalized spacial score (nSPS) is 21.0. The molecule has 0 unspecified atom stereocenters. The summed E-state index contributed by atoms with van der Waals surface area (Å²) in [5.41, 5.74) is -7.07. The van der Waals surface area contributed by atoms with E-state index >= 15 is 0 Å². The van der Waals surface area contributed by atoms with Gasteiger partial charge in [-0.05, 0) is 49.1 Å². The number of sulfone groups is 1. The Balaban J connectivity index is 1.74. The van der Waals surface area contributed by atoms with Crippen LogP contribution < -0.4 is 0 Å². The standard InChI is InChI=1S/C26H25F7N2O6S/c27-19-5-7-20(8-6-19)42(40,41)23(11-14-35(15-23)22(38)34-12-9-16(10-13-34)21(36)37)17-1-3-18(4-2-17)24(39,25(28,29)30)26(31,32)33/h1-8,16,39H,9-15H2,(H,36,37)/t23-/m0/s1. The van der Waals surface area contributed by atoms with Gasteiger partial charge >= 0.3 is 24.4 Å². The number of piperidine rings is 1. The molecule has 230 valence electrons. The number of carboxylic acids is 1. The highest BCUT2D eigenvalue weighted by atomic mass is 32.2. The summed E-state index contributed by atoms with van der Waals surface area (Å²) in [5.74, 6) is -2.44. The minimum Gasteiger partial charge on any atom is -0.481 e. The largest absolute Gasteiger partial charge is 0.481 e. The number of carbonyl (C=O) groups is 2. The number of aliphatic hydroxyl groups is 1. The molecule has 42 heavy (non-hydrogen) atoms. The number of aliphatic carboxylic acids is 1. The lowest BCUT2D eigenvalue weighted by atomic mass is 9.89. The molecule has 2 N–H and O–H groups in total. The summed E-state index contributed by atoms with van der Waals surface area (Å²) in [6.45, 7) is -0.570. The second-order valence-corrected chi connectivity index (χ2v) is 12.5. The highest BCUT2D eigenvalue weighted by molar-refractivity contribution is 7.92. The highest BCUT2D eigenvalue weighted by Gasteiger charge is 2.71. The molecule has 2 saturated heterocycles. The van der Waals surface area contributed by atoms with E-state index in [-0.39, 0.29) is 44.5 Å². The number of nitrogens with zero attached hydrogens (tertiary/aromatic N) is 2. The Hall–Kier alpha value is -3.40. The number of rotatable bonds is 5. The lowest BCUT2D eigenvalue weighted by molar-refractivity contribution is -0.376. The predicted octanol–water partition coefficient (Wildman–Crippen LogP) is 4.43. The third-order valence-electron chi connectivity index (χ3n) is 7.90. The molecule has 8 nitrogen and oxygen atoms in total. The average molecular weight is 627 g/mol. The molecule has 16 heteroatoms. The molecule has 0 aromatic heterocycles. The minimum atomic E-state index is -6.16. The van der Waals surface area contributed by atoms with Gasteiger partial charge in [-0.2, -0.15) is 26.3 Å². The first-order chi connectivity index (χ1) is 19.3. The van der Waals surface area contributed by atoms with E-state index in [0.29, 0.717) is 12.1 Å². The van der Waals surface area contributed by atoms with Crippen molar-refractivity contribution in [3.05, 3.63) is 65.5 Å². The van der Waals surface area contributed by atoms with Crippen LogP contribution in [0.2, 0.25) is 0 Å². The summed E-state index contributed by atoms with van der Waals surface area (Å²) < 4.78 is 120. The number of benzene rings is 2. The Kier molecular flexibility index (Phi) is 8.04. The van der Waals surface area contributed by atoms with Crippen molar-refractivity contribution in [2.24, 2.45) is 5.92 Å². The summed E-state index contributed by atoms with van der Waals surface area (Å²) in [6, 6.07) is 5.13. The number of likely N-dealkylation sites (tertiary alicyclic amines) is 2. The first-order valence-electron chi connectivity index (χ1n) is 12.6. The quantitative estimate of drug-likeness (QED) is 0.375. The SMILES string of the molecule is O=C(O)C1CCN(C(=O)N2CC[C@](c3ccc(C(O)(C(F)(F)F)C(F)(F)F)cc3)(S(=O)(=O)c3ccc(F)cc3)C2)CC1. The molecule has 0 radical (unpaired) electrons. The molecule has 0 spiro atoms. The van der Waals surface area contributed by atoms with Gasteiger partial charge in [0.25, 0.3) is 5.60 Å². The predicted molar refractivity (Wildman–Crippen MR) is 131 cm³/mol. The van der Waals surface area contributed by atoms with Crippen LogP contribution in [0, 0.1) is 11.7 Å². The van der Waals surface area contributed by atoms with Gasteiger partial charge in [0.15, 0.2) is 9.84 Å². The number of hydrogen-bond acceptors (Lipinski definition) is 5. The first kappa shape index (κ1) is 31.5. The van der Waals surface area contributed by atoms with Crippen molar-refractivity contribution in [3.63, 3.8) is 0 Å². The summed E-state index contributed by atoms with van der Waals surface area (Å²) in [5, 5.41) is 19.0. The smallest absolute Gasteiger partial charge is 0.430 e. The van der Waals surface area contributed by atoms with Crippen LogP contribution in [0.5, 0.6) is 0 Å². The van der Waals surface area contributed by atoms with Gasteiger partial charge in [-0.15, -0.1) is 0 Å². The van der Waals surface area contributed by atoms with Crippen LogP contribution >= 0.6 is 0 Å². The number of alkyl halides is 6. The first-order valence-corrected chi connectivity index (χ1v) is 14.1. The van der Waals surface area contributed by atoms with E-state index in [1.165, 1.54) is 4.90 Å². The number of amides is 2. The Morgan fingerprint density at radius 3 is 1.83 bits per heavy atom. The van der Waals surface area contributed by atoms with E-state index < -0.39 is 73.3 Å². The fourth-order valence-corrected chi connectivity index (χ4v) is 7.49. The van der Waals surface area contributed by atoms with Gasteiger partial charge in [-0.25, -0.2) is 17.6 Å². The van der Waals surface area contributed by atoms with Gasteiger partial charge < -0.3 is 20.0 Å². The number of halogens is 7. The van der Waals surface area contributed by atoms with Gasteiger partial charge in [-0.3, -0.25) is 4.79 Å². The molecule has 0 bridgehead atoms. The summed E-state index contributed by atoms with van der Waals surface area (Å²) in [6.07, 6.45) is -12.3. The second kappa shape index (κ2) is 10.7. The third-order valence-corrected chi connectivity index (χ3v) is 10.4. The van der Waals surface area contributed by atoms with Crippen LogP contribution in [0.25, 0.3) is 0 Å². The maximum Gasteiger partial charge on any atom is 0.430 e. The molecule has 2 heterocycles. The van der Waals surface area contributed by atoms with Crippen molar-refractivity contribution in [3.8, 4) is 0 Å². The van der Waals surface area contributed by atoms with Crippen molar-refractivity contribution in [1.29, 1.82) is 0 Å². The Labute approximate surface area is 235 Å². The third kappa shape index (κ3) is 5.18. The zero-order chi connectivity index (χ0) is 31.3. The number of carbonyl (C=O) groups excluding carboxylic acids is 1. The van der Waals surface area contributed by atoms with E-state index in [0.717, 1.165) is 41.3 Å². The molecule has 2 aliphatic heterocycles. The molecule has 0 saturated carbocycles. The molecule has 0 aliphatic carbocycles. The van der Waals surface area contributed by atoms with Crippen LogP contribution in [0.3, 0.4) is 0 Å².